The first kappa shape index (κ1) is 17.0. The fraction of sp³-hybridized carbons (Fsp3) is 0.167. The number of hydrogen-bond donors (Lipinski definition) is 1. The van der Waals surface area contributed by atoms with E-state index in [0.29, 0.717) is 28.1 Å². The van der Waals surface area contributed by atoms with E-state index in [1.54, 1.807) is 31.2 Å². The third-order valence-corrected chi connectivity index (χ3v) is 3.75. The van der Waals surface area contributed by atoms with Gasteiger partial charge >= 0.3 is 0 Å². The van der Waals surface area contributed by atoms with Gasteiger partial charge in [0.1, 0.15) is 11.8 Å². The molecule has 0 radical (unpaired) electrons. The largest absolute Gasteiger partial charge is 0.484 e. The number of carbonyl (C=O) groups is 1. The van der Waals surface area contributed by atoms with Crippen LogP contribution in [-0.2, 0) is 4.79 Å². The molecular formula is C18H16ClN3O3. The molecule has 1 N–H and O–H groups in total. The van der Waals surface area contributed by atoms with Gasteiger partial charge in [-0.25, -0.2) is 0 Å². The third kappa shape index (κ3) is 4.36. The maximum absolute atomic E-state index is 12.0. The van der Waals surface area contributed by atoms with Gasteiger partial charge in [-0.1, -0.05) is 47.1 Å². The van der Waals surface area contributed by atoms with E-state index >= 15 is 0 Å². The number of amides is 1. The second-order valence-electron chi connectivity index (χ2n) is 5.33. The zero-order valence-corrected chi connectivity index (χ0v) is 14.2. The van der Waals surface area contributed by atoms with Crippen molar-refractivity contribution in [3.05, 3.63) is 65.5 Å². The Morgan fingerprint density at radius 2 is 1.92 bits per heavy atom. The number of halogens is 1. The van der Waals surface area contributed by atoms with Gasteiger partial charge in [0.15, 0.2) is 6.61 Å². The highest BCUT2D eigenvalue weighted by Gasteiger charge is 2.18. The van der Waals surface area contributed by atoms with Crippen LogP contribution in [0.2, 0.25) is 5.02 Å². The van der Waals surface area contributed by atoms with Crippen LogP contribution >= 0.6 is 11.6 Å². The maximum Gasteiger partial charge on any atom is 0.258 e. The number of para-hydroxylation sites is 1. The Kier molecular flexibility index (Phi) is 5.30. The van der Waals surface area contributed by atoms with Crippen molar-refractivity contribution in [2.45, 2.75) is 13.0 Å². The predicted molar refractivity (Wildman–Crippen MR) is 93.2 cm³/mol. The summed E-state index contributed by atoms with van der Waals surface area (Å²) in [6.07, 6.45) is 0. The Balaban J connectivity index is 1.59. The molecule has 3 rings (SSSR count). The second kappa shape index (κ2) is 7.81. The molecule has 128 valence electrons. The first-order valence-electron chi connectivity index (χ1n) is 7.69. The molecule has 3 aromatic rings. The topological polar surface area (TPSA) is 77.2 Å². The van der Waals surface area contributed by atoms with Crippen molar-refractivity contribution in [2.75, 3.05) is 6.61 Å². The van der Waals surface area contributed by atoms with E-state index in [1.165, 1.54) is 0 Å². The molecule has 0 aliphatic rings. The van der Waals surface area contributed by atoms with Gasteiger partial charge in [0.2, 0.25) is 11.7 Å². The molecular weight excluding hydrogens is 342 g/mol. The summed E-state index contributed by atoms with van der Waals surface area (Å²) in [7, 11) is 0. The van der Waals surface area contributed by atoms with Gasteiger partial charge in [-0.05, 0) is 31.2 Å². The molecule has 1 unspecified atom stereocenters. The average Bonchev–Trinajstić information content (AvgIpc) is 3.11. The molecule has 7 heteroatoms. The molecule has 2 aromatic carbocycles. The summed E-state index contributed by atoms with van der Waals surface area (Å²) >= 11 is 6.12. The molecule has 1 heterocycles. The van der Waals surface area contributed by atoms with Crippen molar-refractivity contribution < 1.29 is 14.1 Å². The number of aromatic nitrogens is 2. The molecule has 0 fully saturated rings. The van der Waals surface area contributed by atoms with Crippen molar-refractivity contribution in [3.63, 3.8) is 0 Å². The molecule has 1 aromatic heterocycles. The van der Waals surface area contributed by atoms with E-state index in [-0.39, 0.29) is 12.5 Å². The minimum Gasteiger partial charge on any atom is -0.484 e. The van der Waals surface area contributed by atoms with Crippen LogP contribution in [0.4, 0.5) is 0 Å². The lowest BCUT2D eigenvalue weighted by molar-refractivity contribution is -0.123. The van der Waals surface area contributed by atoms with Crippen LogP contribution in [0, 0.1) is 0 Å². The van der Waals surface area contributed by atoms with Crippen LogP contribution < -0.4 is 10.1 Å². The summed E-state index contributed by atoms with van der Waals surface area (Å²) in [6.45, 7) is 1.66. The highest BCUT2D eigenvalue weighted by atomic mass is 35.5. The smallest absolute Gasteiger partial charge is 0.258 e. The van der Waals surface area contributed by atoms with Crippen molar-refractivity contribution >= 4 is 17.5 Å². The fourth-order valence-electron chi connectivity index (χ4n) is 2.17. The molecule has 6 nitrogen and oxygen atoms in total. The van der Waals surface area contributed by atoms with Crippen LogP contribution in [-0.4, -0.2) is 22.7 Å². The number of nitrogens with zero attached hydrogens (tertiary/aromatic N) is 2. The van der Waals surface area contributed by atoms with E-state index in [0.717, 1.165) is 0 Å². The van der Waals surface area contributed by atoms with Gasteiger partial charge in [0, 0.05) is 5.56 Å². The number of rotatable bonds is 6. The van der Waals surface area contributed by atoms with Gasteiger partial charge < -0.3 is 14.6 Å². The predicted octanol–water partition coefficient (Wildman–Crippen LogP) is 3.65. The maximum atomic E-state index is 12.0. The second-order valence-corrected chi connectivity index (χ2v) is 5.73. The van der Waals surface area contributed by atoms with E-state index in [4.69, 9.17) is 20.9 Å². The highest BCUT2D eigenvalue weighted by Crippen LogP contribution is 2.25. The zero-order chi connectivity index (χ0) is 17.6. The van der Waals surface area contributed by atoms with Crippen LogP contribution in [0.25, 0.3) is 11.4 Å². The zero-order valence-electron chi connectivity index (χ0n) is 13.5. The first-order chi connectivity index (χ1) is 12.1. The molecule has 1 amide bonds. The molecule has 0 aliphatic heterocycles. The molecule has 0 bridgehead atoms. The summed E-state index contributed by atoms with van der Waals surface area (Å²) < 4.78 is 10.6. The van der Waals surface area contributed by atoms with E-state index in [1.807, 2.05) is 30.3 Å². The number of carbonyl (C=O) groups excluding carboxylic acids is 1. The van der Waals surface area contributed by atoms with Gasteiger partial charge in [-0.15, -0.1) is 0 Å². The lowest BCUT2D eigenvalue weighted by Gasteiger charge is -2.10. The lowest BCUT2D eigenvalue weighted by Crippen LogP contribution is -2.31. The van der Waals surface area contributed by atoms with Crippen LogP contribution in [0.1, 0.15) is 18.9 Å². The van der Waals surface area contributed by atoms with Crippen molar-refractivity contribution in [2.24, 2.45) is 0 Å². The Morgan fingerprint density at radius 1 is 1.20 bits per heavy atom. The third-order valence-electron chi connectivity index (χ3n) is 3.42. The van der Waals surface area contributed by atoms with Crippen LogP contribution in [0.5, 0.6) is 5.75 Å². The summed E-state index contributed by atoms with van der Waals surface area (Å²) in [5.41, 5.74) is 0.671. The number of ether oxygens (including phenoxy) is 1. The molecule has 1 atom stereocenters. The first-order valence-corrected chi connectivity index (χ1v) is 8.07. The standard InChI is InChI=1S/C18H16ClN3O3/c1-12(20-16(23)11-24-13-7-3-2-4-8-13)18-21-17(22-25-18)14-9-5-6-10-15(14)19/h2-10,12H,11H2,1H3,(H,20,23). The SMILES string of the molecule is CC(NC(=O)COc1ccccc1)c1nc(-c2ccccc2Cl)no1. The van der Waals surface area contributed by atoms with Gasteiger partial charge in [0.05, 0.1) is 5.02 Å². The molecule has 0 saturated heterocycles. The van der Waals surface area contributed by atoms with Gasteiger partial charge in [0.25, 0.3) is 5.91 Å². The molecule has 0 saturated carbocycles. The van der Waals surface area contributed by atoms with E-state index in [9.17, 15) is 4.79 Å². The quantitative estimate of drug-likeness (QED) is 0.728. The number of benzene rings is 2. The normalized spacial score (nSPS) is 11.8. The summed E-state index contributed by atoms with van der Waals surface area (Å²) in [6, 6.07) is 15.9. The monoisotopic (exact) mass is 357 g/mol. The molecule has 25 heavy (non-hydrogen) atoms. The summed E-state index contributed by atoms with van der Waals surface area (Å²) in [5, 5.41) is 7.20. The Bertz CT molecular complexity index is 852. The summed E-state index contributed by atoms with van der Waals surface area (Å²) in [5.74, 6) is 1.02. The van der Waals surface area contributed by atoms with E-state index in [2.05, 4.69) is 15.5 Å². The Labute approximate surface area is 149 Å². The highest BCUT2D eigenvalue weighted by molar-refractivity contribution is 6.33. The van der Waals surface area contributed by atoms with Crippen molar-refractivity contribution in [3.8, 4) is 17.1 Å². The Morgan fingerprint density at radius 3 is 2.68 bits per heavy atom. The minimum absolute atomic E-state index is 0.0974. The summed E-state index contributed by atoms with van der Waals surface area (Å²) in [4.78, 5) is 16.3. The number of nitrogens with one attached hydrogen (secondary N) is 1. The lowest BCUT2D eigenvalue weighted by atomic mass is 10.2. The van der Waals surface area contributed by atoms with Crippen LogP contribution in [0.15, 0.2) is 59.1 Å². The van der Waals surface area contributed by atoms with Gasteiger partial charge in [-0.3, -0.25) is 4.79 Å². The van der Waals surface area contributed by atoms with Crippen LogP contribution in [0.3, 0.4) is 0 Å². The van der Waals surface area contributed by atoms with Gasteiger partial charge in [-0.2, -0.15) is 4.98 Å². The Hall–Kier alpha value is -2.86. The molecule has 0 spiro atoms. The molecule has 0 aliphatic carbocycles. The minimum atomic E-state index is -0.449. The number of hydrogen-bond acceptors (Lipinski definition) is 5. The van der Waals surface area contributed by atoms with E-state index < -0.39 is 6.04 Å². The fourth-order valence-corrected chi connectivity index (χ4v) is 2.39. The van der Waals surface area contributed by atoms with Crippen molar-refractivity contribution in [1.29, 1.82) is 0 Å². The van der Waals surface area contributed by atoms with Crippen molar-refractivity contribution in [1.82, 2.24) is 15.5 Å². The average molecular weight is 358 g/mol.